The van der Waals surface area contributed by atoms with Crippen molar-refractivity contribution in [3.63, 3.8) is 0 Å². The van der Waals surface area contributed by atoms with E-state index in [-0.39, 0.29) is 5.69 Å². The van der Waals surface area contributed by atoms with Gasteiger partial charge >= 0.3 is 5.97 Å². The fraction of sp³-hybridized carbons (Fsp3) is 0.250. The van der Waals surface area contributed by atoms with Crippen molar-refractivity contribution in [1.82, 2.24) is 15.0 Å². The van der Waals surface area contributed by atoms with Gasteiger partial charge in [-0.2, -0.15) is 0 Å². The Kier molecular flexibility index (Phi) is 3.27. The number of carboxylic acid groups (broad SMARTS) is 1. The van der Waals surface area contributed by atoms with Crippen molar-refractivity contribution in [2.45, 2.75) is 13.8 Å². The lowest BCUT2D eigenvalue weighted by atomic mass is 10.2. The first-order valence-corrected chi connectivity index (χ1v) is 5.53. The smallest absolute Gasteiger partial charge is 0.358 e. The third-order valence-electron chi connectivity index (χ3n) is 2.49. The largest absolute Gasteiger partial charge is 0.492 e. The van der Waals surface area contributed by atoms with Crippen LogP contribution in [0.1, 0.15) is 23.1 Å². The Hall–Kier alpha value is -2.37. The molecule has 94 valence electrons. The van der Waals surface area contributed by atoms with Gasteiger partial charge in [-0.05, 0) is 26.0 Å². The van der Waals surface area contributed by atoms with Crippen molar-refractivity contribution >= 4 is 5.97 Å². The van der Waals surface area contributed by atoms with Gasteiger partial charge < -0.3 is 9.84 Å². The van der Waals surface area contributed by atoms with Crippen LogP contribution in [0.15, 0.2) is 24.3 Å². The summed E-state index contributed by atoms with van der Waals surface area (Å²) >= 11 is 0. The molecule has 0 unspecified atom stereocenters. The summed E-state index contributed by atoms with van der Waals surface area (Å²) in [4.78, 5) is 10.9. The summed E-state index contributed by atoms with van der Waals surface area (Å²) in [6.45, 7) is 4.07. The molecule has 6 nitrogen and oxygen atoms in total. The zero-order valence-corrected chi connectivity index (χ0v) is 10.1. The molecule has 1 heterocycles. The first-order valence-electron chi connectivity index (χ1n) is 5.53. The van der Waals surface area contributed by atoms with Gasteiger partial charge in [0.15, 0.2) is 5.69 Å². The van der Waals surface area contributed by atoms with E-state index in [1.807, 2.05) is 19.1 Å². The van der Waals surface area contributed by atoms with Gasteiger partial charge in [-0.3, -0.25) is 0 Å². The number of rotatable bonds is 4. The third kappa shape index (κ3) is 2.04. The second-order valence-corrected chi connectivity index (χ2v) is 3.64. The number of aromatic carboxylic acids is 1. The molecule has 1 aromatic heterocycles. The van der Waals surface area contributed by atoms with Crippen LogP contribution in [0.2, 0.25) is 0 Å². The molecule has 0 saturated heterocycles. The summed E-state index contributed by atoms with van der Waals surface area (Å²) in [6.07, 6.45) is 0. The van der Waals surface area contributed by atoms with Gasteiger partial charge in [0.2, 0.25) is 0 Å². The Morgan fingerprint density at radius 2 is 2.17 bits per heavy atom. The van der Waals surface area contributed by atoms with Crippen LogP contribution in [-0.2, 0) is 0 Å². The fourth-order valence-electron chi connectivity index (χ4n) is 1.67. The highest BCUT2D eigenvalue weighted by atomic mass is 16.5. The maximum atomic E-state index is 10.9. The number of benzene rings is 1. The van der Waals surface area contributed by atoms with Gasteiger partial charge in [0.05, 0.1) is 12.3 Å². The molecule has 0 aliphatic heterocycles. The Balaban J connectivity index is 2.52. The molecule has 0 aliphatic carbocycles. The molecule has 2 rings (SSSR count). The summed E-state index contributed by atoms with van der Waals surface area (Å²) in [6, 6.07) is 7.29. The van der Waals surface area contributed by atoms with Gasteiger partial charge in [-0.1, -0.05) is 17.3 Å². The molecule has 0 saturated carbocycles. The molecule has 0 fully saturated rings. The van der Waals surface area contributed by atoms with Gasteiger partial charge in [0.1, 0.15) is 11.4 Å². The Bertz CT molecular complexity index is 578. The summed E-state index contributed by atoms with van der Waals surface area (Å²) in [5.41, 5.74) is 1.09. The van der Waals surface area contributed by atoms with Crippen molar-refractivity contribution in [1.29, 1.82) is 0 Å². The number of aromatic nitrogens is 3. The average Bonchev–Trinajstić information content (AvgIpc) is 2.72. The van der Waals surface area contributed by atoms with Crippen LogP contribution >= 0.6 is 0 Å². The number of hydrogen-bond donors (Lipinski definition) is 1. The van der Waals surface area contributed by atoms with Crippen LogP contribution in [0, 0.1) is 6.92 Å². The van der Waals surface area contributed by atoms with E-state index in [1.165, 1.54) is 4.68 Å². The normalized spacial score (nSPS) is 10.3. The highest BCUT2D eigenvalue weighted by Crippen LogP contribution is 2.23. The van der Waals surface area contributed by atoms with Crippen molar-refractivity contribution in [2.24, 2.45) is 0 Å². The molecule has 0 atom stereocenters. The summed E-state index contributed by atoms with van der Waals surface area (Å²) in [7, 11) is 0. The van der Waals surface area contributed by atoms with Crippen LogP contribution in [0.5, 0.6) is 5.75 Å². The first-order chi connectivity index (χ1) is 8.65. The maximum absolute atomic E-state index is 10.9. The predicted molar refractivity (Wildman–Crippen MR) is 64.2 cm³/mol. The summed E-state index contributed by atoms with van der Waals surface area (Å²) in [5.74, 6) is -0.447. The van der Waals surface area contributed by atoms with Gasteiger partial charge in [-0.25, -0.2) is 9.48 Å². The van der Waals surface area contributed by atoms with Crippen LogP contribution < -0.4 is 4.74 Å². The van der Waals surface area contributed by atoms with Gasteiger partial charge in [0.25, 0.3) is 0 Å². The zero-order valence-electron chi connectivity index (χ0n) is 10.1. The van der Waals surface area contributed by atoms with Crippen molar-refractivity contribution < 1.29 is 14.6 Å². The number of nitrogens with zero attached hydrogens (tertiary/aromatic N) is 3. The predicted octanol–water partition coefficient (Wildman–Crippen LogP) is 1.67. The quantitative estimate of drug-likeness (QED) is 0.889. The van der Waals surface area contributed by atoms with E-state index >= 15 is 0 Å². The minimum absolute atomic E-state index is 0.0544. The Morgan fingerprint density at radius 3 is 2.78 bits per heavy atom. The molecule has 1 aromatic carbocycles. The molecular formula is C12H13N3O3. The molecule has 0 spiro atoms. The molecular weight excluding hydrogens is 234 g/mol. The molecule has 6 heteroatoms. The van der Waals surface area contributed by atoms with Crippen molar-refractivity contribution in [3.8, 4) is 11.4 Å². The van der Waals surface area contributed by atoms with E-state index in [0.29, 0.717) is 23.7 Å². The van der Waals surface area contributed by atoms with Crippen LogP contribution in [0.25, 0.3) is 5.69 Å². The van der Waals surface area contributed by atoms with Crippen molar-refractivity contribution in [3.05, 3.63) is 35.7 Å². The zero-order chi connectivity index (χ0) is 13.1. The number of carboxylic acids is 1. The molecule has 0 radical (unpaired) electrons. The second-order valence-electron chi connectivity index (χ2n) is 3.64. The Morgan fingerprint density at radius 1 is 1.44 bits per heavy atom. The topological polar surface area (TPSA) is 77.2 Å². The van der Waals surface area contributed by atoms with Gasteiger partial charge in [0, 0.05) is 0 Å². The summed E-state index contributed by atoms with van der Waals surface area (Å²) < 4.78 is 6.95. The highest BCUT2D eigenvalue weighted by molar-refractivity contribution is 5.86. The molecule has 1 N–H and O–H groups in total. The molecule has 2 aromatic rings. The fourth-order valence-corrected chi connectivity index (χ4v) is 1.67. The minimum Gasteiger partial charge on any atom is -0.492 e. The lowest BCUT2D eigenvalue weighted by Gasteiger charge is -2.10. The summed E-state index contributed by atoms with van der Waals surface area (Å²) in [5, 5.41) is 16.5. The lowest BCUT2D eigenvalue weighted by Crippen LogP contribution is -2.05. The maximum Gasteiger partial charge on any atom is 0.358 e. The van der Waals surface area contributed by atoms with E-state index in [1.54, 1.807) is 19.1 Å². The third-order valence-corrected chi connectivity index (χ3v) is 2.49. The standard InChI is InChI=1S/C12H13N3O3/c1-3-18-10-7-5-4-6-9(10)15-8(2)11(12(16)17)13-14-15/h4-7H,3H2,1-2H3,(H,16,17). The minimum atomic E-state index is -1.09. The van der Waals surface area contributed by atoms with Crippen LogP contribution in [0.3, 0.4) is 0 Å². The number of ether oxygens (including phenoxy) is 1. The van der Waals surface area contributed by atoms with E-state index in [9.17, 15) is 4.79 Å². The number of para-hydroxylation sites is 2. The molecule has 18 heavy (non-hydrogen) atoms. The van der Waals surface area contributed by atoms with Crippen LogP contribution in [-0.4, -0.2) is 32.7 Å². The monoisotopic (exact) mass is 247 g/mol. The Labute approximate surface area is 104 Å². The highest BCUT2D eigenvalue weighted by Gasteiger charge is 2.17. The first kappa shape index (κ1) is 12.1. The average molecular weight is 247 g/mol. The lowest BCUT2D eigenvalue weighted by molar-refractivity contribution is 0.0689. The van der Waals surface area contributed by atoms with Gasteiger partial charge in [-0.15, -0.1) is 5.10 Å². The SMILES string of the molecule is CCOc1ccccc1-n1nnc(C(=O)O)c1C. The molecule has 0 bridgehead atoms. The van der Waals surface area contributed by atoms with E-state index < -0.39 is 5.97 Å². The number of carbonyl (C=O) groups is 1. The van der Waals surface area contributed by atoms with Crippen LogP contribution in [0.4, 0.5) is 0 Å². The number of hydrogen-bond acceptors (Lipinski definition) is 4. The van der Waals surface area contributed by atoms with E-state index in [0.717, 1.165) is 0 Å². The van der Waals surface area contributed by atoms with E-state index in [2.05, 4.69) is 10.3 Å². The van der Waals surface area contributed by atoms with E-state index in [4.69, 9.17) is 9.84 Å². The van der Waals surface area contributed by atoms with Crippen molar-refractivity contribution in [2.75, 3.05) is 6.61 Å². The second kappa shape index (κ2) is 4.87. The molecule has 0 aliphatic rings. The molecule has 0 amide bonds.